The van der Waals surface area contributed by atoms with Gasteiger partial charge in [0.05, 0.1) is 17.1 Å². The molecule has 0 unspecified atom stereocenters. The molecule has 0 spiro atoms. The van der Waals surface area contributed by atoms with Crippen LogP contribution in [0.5, 0.6) is 0 Å². The van der Waals surface area contributed by atoms with Gasteiger partial charge in [0, 0.05) is 12.4 Å². The van der Waals surface area contributed by atoms with E-state index in [0.717, 1.165) is 5.69 Å². The average molecular weight is 217 g/mol. The molecule has 0 radical (unpaired) electrons. The maximum absolute atomic E-state index is 11.0. The van der Waals surface area contributed by atoms with Crippen molar-refractivity contribution >= 4 is 5.97 Å². The molecule has 0 aromatic carbocycles. The highest BCUT2D eigenvalue weighted by Gasteiger charge is 2.18. The first-order valence-electron chi connectivity index (χ1n) is 4.81. The molecule has 0 bridgehead atoms. The van der Waals surface area contributed by atoms with Crippen molar-refractivity contribution in [3.8, 4) is 5.69 Å². The second-order valence-electron chi connectivity index (χ2n) is 3.47. The van der Waals surface area contributed by atoms with E-state index in [9.17, 15) is 4.79 Å². The highest BCUT2D eigenvalue weighted by molar-refractivity contribution is 5.90. The molecule has 0 saturated heterocycles. The van der Waals surface area contributed by atoms with Crippen LogP contribution in [0, 0.1) is 13.8 Å². The van der Waals surface area contributed by atoms with E-state index >= 15 is 0 Å². The Morgan fingerprint density at radius 2 is 1.94 bits per heavy atom. The molecular formula is C11H11N3O2. The van der Waals surface area contributed by atoms with Crippen LogP contribution < -0.4 is 0 Å². The lowest BCUT2D eigenvalue weighted by Gasteiger charge is -2.02. The zero-order valence-electron chi connectivity index (χ0n) is 9.01. The molecule has 2 aromatic heterocycles. The third-order valence-electron chi connectivity index (χ3n) is 2.41. The van der Waals surface area contributed by atoms with Gasteiger partial charge in [0.15, 0.2) is 0 Å². The maximum Gasteiger partial charge on any atom is 0.339 e. The Bertz CT molecular complexity index is 532. The number of rotatable bonds is 2. The predicted octanol–water partition coefficient (Wildman–Crippen LogP) is 1.58. The Labute approximate surface area is 92.4 Å². The number of carboxylic acid groups (broad SMARTS) is 1. The Balaban J connectivity index is 2.61. The summed E-state index contributed by atoms with van der Waals surface area (Å²) in [5, 5.41) is 13.3. The SMILES string of the molecule is Cc1nn(-c2ccncc2)c(C)c1C(=O)O. The van der Waals surface area contributed by atoms with Crippen LogP contribution >= 0.6 is 0 Å². The van der Waals surface area contributed by atoms with Crippen LogP contribution in [0.2, 0.25) is 0 Å². The van der Waals surface area contributed by atoms with Crippen LogP contribution in [-0.4, -0.2) is 25.8 Å². The summed E-state index contributed by atoms with van der Waals surface area (Å²) in [6.07, 6.45) is 3.29. The molecule has 0 aliphatic carbocycles. The first-order chi connectivity index (χ1) is 7.61. The zero-order chi connectivity index (χ0) is 11.7. The summed E-state index contributed by atoms with van der Waals surface area (Å²) < 4.78 is 1.61. The molecule has 5 nitrogen and oxygen atoms in total. The van der Waals surface area contributed by atoms with Gasteiger partial charge >= 0.3 is 5.97 Å². The molecule has 2 heterocycles. The maximum atomic E-state index is 11.0. The number of carbonyl (C=O) groups is 1. The van der Waals surface area contributed by atoms with E-state index in [1.807, 2.05) is 0 Å². The van der Waals surface area contributed by atoms with E-state index in [2.05, 4.69) is 10.1 Å². The van der Waals surface area contributed by atoms with Gasteiger partial charge < -0.3 is 5.11 Å². The van der Waals surface area contributed by atoms with Crippen LogP contribution in [0.25, 0.3) is 5.69 Å². The predicted molar refractivity (Wildman–Crippen MR) is 57.8 cm³/mol. The Kier molecular flexibility index (Phi) is 2.44. The van der Waals surface area contributed by atoms with Crippen LogP contribution in [0.15, 0.2) is 24.5 Å². The summed E-state index contributed by atoms with van der Waals surface area (Å²) in [6.45, 7) is 3.43. The van der Waals surface area contributed by atoms with Crippen molar-refractivity contribution in [2.45, 2.75) is 13.8 Å². The van der Waals surface area contributed by atoms with Crippen molar-refractivity contribution in [1.82, 2.24) is 14.8 Å². The topological polar surface area (TPSA) is 68.0 Å². The fraction of sp³-hybridized carbons (Fsp3) is 0.182. The molecule has 0 amide bonds. The lowest BCUT2D eigenvalue weighted by molar-refractivity contribution is 0.0695. The van der Waals surface area contributed by atoms with Crippen LogP contribution in [-0.2, 0) is 0 Å². The van der Waals surface area contributed by atoms with Crippen molar-refractivity contribution in [1.29, 1.82) is 0 Å². The monoisotopic (exact) mass is 217 g/mol. The Hall–Kier alpha value is -2.17. The van der Waals surface area contributed by atoms with Gasteiger partial charge in [-0.2, -0.15) is 5.10 Å². The summed E-state index contributed by atoms with van der Waals surface area (Å²) in [6, 6.07) is 3.57. The minimum atomic E-state index is -0.949. The first-order valence-corrected chi connectivity index (χ1v) is 4.81. The molecule has 2 rings (SSSR count). The van der Waals surface area contributed by atoms with Crippen molar-refractivity contribution in [2.24, 2.45) is 0 Å². The summed E-state index contributed by atoms with van der Waals surface area (Å²) >= 11 is 0. The van der Waals surface area contributed by atoms with Gasteiger partial charge in [-0.05, 0) is 26.0 Å². The Morgan fingerprint density at radius 3 is 2.44 bits per heavy atom. The largest absolute Gasteiger partial charge is 0.478 e. The lowest BCUT2D eigenvalue weighted by atomic mass is 10.2. The van der Waals surface area contributed by atoms with Gasteiger partial charge in [-0.1, -0.05) is 0 Å². The van der Waals surface area contributed by atoms with Crippen molar-refractivity contribution in [2.75, 3.05) is 0 Å². The van der Waals surface area contributed by atoms with Gasteiger partial charge in [-0.3, -0.25) is 4.98 Å². The number of hydrogen-bond acceptors (Lipinski definition) is 3. The average Bonchev–Trinajstić information content (AvgIpc) is 2.55. The van der Waals surface area contributed by atoms with E-state index in [0.29, 0.717) is 11.4 Å². The van der Waals surface area contributed by atoms with E-state index in [4.69, 9.17) is 5.11 Å². The molecule has 0 aliphatic rings. The molecule has 16 heavy (non-hydrogen) atoms. The molecule has 0 fully saturated rings. The van der Waals surface area contributed by atoms with E-state index < -0.39 is 5.97 Å². The highest BCUT2D eigenvalue weighted by atomic mass is 16.4. The summed E-state index contributed by atoms with van der Waals surface area (Å²) in [4.78, 5) is 14.9. The normalized spacial score (nSPS) is 10.4. The molecule has 5 heteroatoms. The van der Waals surface area contributed by atoms with Crippen molar-refractivity contribution in [3.63, 3.8) is 0 Å². The highest BCUT2D eigenvalue weighted by Crippen LogP contribution is 2.16. The fourth-order valence-electron chi connectivity index (χ4n) is 1.69. The van der Waals surface area contributed by atoms with Gasteiger partial charge in [0.25, 0.3) is 0 Å². The molecule has 0 aliphatic heterocycles. The molecule has 2 aromatic rings. The summed E-state index contributed by atoms with van der Waals surface area (Å²) in [5.41, 5.74) is 2.21. The Morgan fingerprint density at radius 1 is 1.31 bits per heavy atom. The van der Waals surface area contributed by atoms with Gasteiger partial charge in [0.1, 0.15) is 5.56 Å². The number of carboxylic acids is 1. The van der Waals surface area contributed by atoms with Crippen LogP contribution in [0.4, 0.5) is 0 Å². The quantitative estimate of drug-likeness (QED) is 0.829. The summed E-state index contributed by atoms with van der Waals surface area (Å²) in [5.74, 6) is -0.949. The van der Waals surface area contributed by atoms with Gasteiger partial charge in [-0.25, -0.2) is 9.48 Å². The molecule has 1 N–H and O–H groups in total. The summed E-state index contributed by atoms with van der Waals surface area (Å²) in [7, 11) is 0. The second kappa shape index (κ2) is 3.77. The van der Waals surface area contributed by atoms with Gasteiger partial charge in [-0.15, -0.1) is 0 Å². The lowest BCUT2D eigenvalue weighted by Crippen LogP contribution is -2.02. The van der Waals surface area contributed by atoms with Crippen molar-refractivity contribution < 1.29 is 9.90 Å². The number of aryl methyl sites for hydroxylation is 1. The van der Waals surface area contributed by atoms with Gasteiger partial charge in [0.2, 0.25) is 0 Å². The zero-order valence-corrected chi connectivity index (χ0v) is 9.01. The minimum Gasteiger partial charge on any atom is -0.478 e. The smallest absolute Gasteiger partial charge is 0.339 e. The van der Waals surface area contributed by atoms with Crippen LogP contribution in [0.1, 0.15) is 21.7 Å². The minimum absolute atomic E-state index is 0.261. The number of aromatic carboxylic acids is 1. The van der Waals surface area contributed by atoms with E-state index in [-0.39, 0.29) is 5.56 Å². The number of nitrogens with zero attached hydrogens (tertiary/aromatic N) is 3. The van der Waals surface area contributed by atoms with E-state index in [1.54, 1.807) is 43.1 Å². The standard InChI is InChI=1S/C11H11N3O2/c1-7-10(11(15)16)8(2)14(13-7)9-3-5-12-6-4-9/h3-6H,1-2H3,(H,15,16). The third-order valence-corrected chi connectivity index (χ3v) is 2.41. The first kappa shape index (κ1) is 10.4. The molecule has 0 saturated carbocycles. The third kappa shape index (κ3) is 1.56. The number of pyridine rings is 1. The van der Waals surface area contributed by atoms with Crippen LogP contribution in [0.3, 0.4) is 0 Å². The fourth-order valence-corrected chi connectivity index (χ4v) is 1.69. The molecule has 82 valence electrons. The number of aromatic nitrogens is 3. The molecular weight excluding hydrogens is 206 g/mol. The molecule has 0 atom stereocenters. The number of hydrogen-bond donors (Lipinski definition) is 1. The second-order valence-corrected chi connectivity index (χ2v) is 3.47. The van der Waals surface area contributed by atoms with Crippen molar-refractivity contribution in [3.05, 3.63) is 41.5 Å². The van der Waals surface area contributed by atoms with E-state index in [1.165, 1.54) is 0 Å².